The lowest BCUT2D eigenvalue weighted by Gasteiger charge is -2.35. The van der Waals surface area contributed by atoms with Crippen LogP contribution in [0, 0.1) is 0 Å². The van der Waals surface area contributed by atoms with Gasteiger partial charge < -0.3 is 10.2 Å². The molecule has 20 heavy (non-hydrogen) atoms. The number of likely N-dealkylation sites (tertiary alicyclic amines) is 1. The summed E-state index contributed by atoms with van der Waals surface area (Å²) in [5.74, 6) is -0.0530. The maximum atomic E-state index is 12.6. The van der Waals surface area contributed by atoms with Crippen LogP contribution in [0.15, 0.2) is 24.3 Å². The molecule has 0 radical (unpaired) electrons. The number of nitrogens with one attached hydrogen (secondary N) is 1. The highest BCUT2D eigenvalue weighted by atomic mass is 16.2. The highest BCUT2D eigenvalue weighted by Crippen LogP contribution is 2.22. The first-order chi connectivity index (χ1) is 9.61. The van der Waals surface area contributed by atoms with Crippen molar-refractivity contribution in [1.82, 2.24) is 4.90 Å². The van der Waals surface area contributed by atoms with Crippen molar-refractivity contribution in [2.45, 2.75) is 45.6 Å². The summed E-state index contributed by atoms with van der Waals surface area (Å²) in [4.78, 5) is 25.7. The molecule has 2 rings (SSSR count). The fraction of sp³-hybridized carbons (Fsp3) is 0.500. The number of benzene rings is 1. The molecule has 4 nitrogen and oxygen atoms in total. The Morgan fingerprint density at radius 2 is 2.15 bits per heavy atom. The van der Waals surface area contributed by atoms with Crippen molar-refractivity contribution in [3.8, 4) is 0 Å². The van der Waals surface area contributed by atoms with Gasteiger partial charge in [0, 0.05) is 30.8 Å². The lowest BCUT2D eigenvalue weighted by Crippen LogP contribution is -2.43. The maximum Gasteiger partial charge on any atom is 0.254 e. The molecule has 1 heterocycles. The van der Waals surface area contributed by atoms with E-state index in [1.165, 1.54) is 13.3 Å². The zero-order valence-electron chi connectivity index (χ0n) is 12.2. The van der Waals surface area contributed by atoms with Gasteiger partial charge in [0.15, 0.2) is 0 Å². The molecular weight excluding hydrogens is 252 g/mol. The van der Waals surface area contributed by atoms with Crippen molar-refractivity contribution in [2.75, 3.05) is 11.9 Å². The van der Waals surface area contributed by atoms with Crippen molar-refractivity contribution in [3.63, 3.8) is 0 Å². The molecule has 1 unspecified atom stereocenters. The zero-order chi connectivity index (χ0) is 14.5. The van der Waals surface area contributed by atoms with Crippen molar-refractivity contribution in [1.29, 1.82) is 0 Å². The molecule has 108 valence electrons. The normalized spacial score (nSPS) is 18.7. The third-order valence-electron chi connectivity index (χ3n) is 3.79. The number of rotatable bonds is 3. The molecule has 1 fully saturated rings. The standard InChI is InChI=1S/C16H22N2O2/c1-3-15-9-4-5-10-18(15)16(20)13-7-6-8-14(11-13)17-12(2)19/h6-8,11,15H,3-5,9-10H2,1-2H3,(H,17,19). The number of nitrogens with zero attached hydrogens (tertiary/aromatic N) is 1. The van der Waals surface area contributed by atoms with E-state index in [1.807, 2.05) is 17.0 Å². The van der Waals surface area contributed by atoms with Gasteiger partial charge in [0.2, 0.25) is 5.91 Å². The molecule has 0 saturated carbocycles. The summed E-state index contributed by atoms with van der Waals surface area (Å²) in [5.41, 5.74) is 1.32. The molecule has 1 aromatic rings. The summed E-state index contributed by atoms with van der Waals surface area (Å²) in [5, 5.41) is 2.72. The van der Waals surface area contributed by atoms with Crippen LogP contribution >= 0.6 is 0 Å². The largest absolute Gasteiger partial charge is 0.336 e. The van der Waals surface area contributed by atoms with Crippen LogP contribution in [0.4, 0.5) is 5.69 Å². The highest BCUT2D eigenvalue weighted by Gasteiger charge is 2.26. The molecule has 1 saturated heterocycles. The first-order valence-electron chi connectivity index (χ1n) is 7.30. The Labute approximate surface area is 120 Å². The second-order valence-corrected chi connectivity index (χ2v) is 5.32. The van der Waals surface area contributed by atoms with Crippen LogP contribution in [0.5, 0.6) is 0 Å². The van der Waals surface area contributed by atoms with E-state index in [4.69, 9.17) is 0 Å². The Hall–Kier alpha value is -1.84. The summed E-state index contributed by atoms with van der Waals surface area (Å²) in [6, 6.07) is 7.52. The quantitative estimate of drug-likeness (QED) is 0.921. The third kappa shape index (κ3) is 3.38. The van der Waals surface area contributed by atoms with E-state index >= 15 is 0 Å². The van der Waals surface area contributed by atoms with Crippen LogP contribution in [-0.2, 0) is 4.79 Å². The van der Waals surface area contributed by atoms with Gasteiger partial charge >= 0.3 is 0 Å². The van der Waals surface area contributed by atoms with Crippen molar-refractivity contribution in [3.05, 3.63) is 29.8 Å². The first-order valence-corrected chi connectivity index (χ1v) is 7.30. The van der Waals surface area contributed by atoms with Gasteiger partial charge in [0.25, 0.3) is 5.91 Å². The fourth-order valence-electron chi connectivity index (χ4n) is 2.79. The summed E-state index contributed by atoms with van der Waals surface area (Å²) in [6.07, 6.45) is 4.37. The number of hydrogen-bond donors (Lipinski definition) is 1. The second-order valence-electron chi connectivity index (χ2n) is 5.32. The molecule has 1 N–H and O–H groups in total. The van der Waals surface area contributed by atoms with Crippen molar-refractivity contribution >= 4 is 17.5 Å². The molecule has 0 bridgehead atoms. The summed E-state index contributed by atoms with van der Waals surface area (Å²) in [7, 11) is 0. The van der Waals surface area contributed by atoms with Crippen LogP contribution in [0.25, 0.3) is 0 Å². The second kappa shape index (κ2) is 6.55. The minimum absolute atomic E-state index is 0.0729. The van der Waals surface area contributed by atoms with E-state index in [0.29, 0.717) is 17.3 Å². The molecular formula is C16H22N2O2. The number of hydrogen-bond acceptors (Lipinski definition) is 2. The molecule has 1 aromatic carbocycles. The lowest BCUT2D eigenvalue weighted by atomic mass is 9.99. The van der Waals surface area contributed by atoms with Crippen LogP contribution in [0.3, 0.4) is 0 Å². The van der Waals surface area contributed by atoms with Gasteiger partial charge in [-0.1, -0.05) is 13.0 Å². The minimum atomic E-state index is -0.126. The van der Waals surface area contributed by atoms with E-state index in [9.17, 15) is 9.59 Å². The SMILES string of the molecule is CCC1CCCCN1C(=O)c1cccc(NC(C)=O)c1. The number of carbonyl (C=O) groups is 2. The zero-order valence-corrected chi connectivity index (χ0v) is 12.2. The summed E-state index contributed by atoms with van der Waals surface area (Å²) in [6.45, 7) is 4.43. The molecule has 0 spiro atoms. The minimum Gasteiger partial charge on any atom is -0.336 e. The number of anilines is 1. The van der Waals surface area contributed by atoms with Crippen LogP contribution in [0.2, 0.25) is 0 Å². The molecule has 0 aliphatic carbocycles. The average Bonchev–Trinajstić information content (AvgIpc) is 2.46. The van der Waals surface area contributed by atoms with Crippen LogP contribution in [-0.4, -0.2) is 29.3 Å². The van der Waals surface area contributed by atoms with E-state index in [2.05, 4.69) is 12.2 Å². The van der Waals surface area contributed by atoms with Gasteiger partial charge in [-0.2, -0.15) is 0 Å². The monoisotopic (exact) mass is 274 g/mol. The van der Waals surface area contributed by atoms with E-state index in [-0.39, 0.29) is 11.8 Å². The predicted molar refractivity (Wildman–Crippen MR) is 79.7 cm³/mol. The summed E-state index contributed by atoms with van der Waals surface area (Å²) >= 11 is 0. The van der Waals surface area contributed by atoms with Crippen molar-refractivity contribution in [2.24, 2.45) is 0 Å². The lowest BCUT2D eigenvalue weighted by molar-refractivity contribution is -0.114. The Kier molecular flexibility index (Phi) is 4.77. The molecule has 4 heteroatoms. The van der Waals surface area contributed by atoms with Gasteiger partial charge in [0.05, 0.1) is 0 Å². The van der Waals surface area contributed by atoms with Crippen LogP contribution in [0.1, 0.15) is 49.9 Å². The predicted octanol–water partition coefficient (Wildman–Crippen LogP) is 3.05. The van der Waals surface area contributed by atoms with Crippen molar-refractivity contribution < 1.29 is 9.59 Å². The molecule has 1 aliphatic heterocycles. The first kappa shape index (κ1) is 14.6. The smallest absolute Gasteiger partial charge is 0.254 e. The van der Waals surface area contributed by atoms with E-state index in [0.717, 1.165) is 25.8 Å². The van der Waals surface area contributed by atoms with Gasteiger partial charge in [-0.3, -0.25) is 9.59 Å². The molecule has 2 amide bonds. The number of carbonyl (C=O) groups excluding carboxylic acids is 2. The Balaban J connectivity index is 2.17. The Morgan fingerprint density at radius 1 is 1.35 bits per heavy atom. The fourth-order valence-corrected chi connectivity index (χ4v) is 2.79. The maximum absolute atomic E-state index is 12.6. The average molecular weight is 274 g/mol. The third-order valence-corrected chi connectivity index (χ3v) is 3.79. The number of amides is 2. The van der Waals surface area contributed by atoms with Gasteiger partial charge in [0.1, 0.15) is 0 Å². The summed E-state index contributed by atoms with van der Waals surface area (Å²) < 4.78 is 0. The van der Waals surface area contributed by atoms with Crippen LogP contribution < -0.4 is 5.32 Å². The van der Waals surface area contributed by atoms with Gasteiger partial charge in [-0.15, -0.1) is 0 Å². The number of piperidine rings is 1. The van der Waals surface area contributed by atoms with E-state index in [1.54, 1.807) is 12.1 Å². The topological polar surface area (TPSA) is 49.4 Å². The molecule has 1 aliphatic rings. The van der Waals surface area contributed by atoms with E-state index < -0.39 is 0 Å². The molecule has 0 aromatic heterocycles. The highest BCUT2D eigenvalue weighted by molar-refractivity contribution is 5.97. The van der Waals surface area contributed by atoms with Gasteiger partial charge in [-0.05, 0) is 43.9 Å². The van der Waals surface area contributed by atoms with Gasteiger partial charge in [-0.25, -0.2) is 0 Å². The Morgan fingerprint density at radius 3 is 2.85 bits per heavy atom. The Bertz CT molecular complexity index is 499. The molecule has 1 atom stereocenters.